The number of hydrogen-bond donors (Lipinski definition) is 1. The second kappa shape index (κ2) is 6.06. The molecule has 0 spiro atoms. The van der Waals surface area contributed by atoms with Gasteiger partial charge >= 0.3 is 0 Å². The minimum Gasteiger partial charge on any atom is -0.317 e. The Morgan fingerprint density at radius 3 is 2.60 bits per heavy atom. The Kier molecular flexibility index (Phi) is 5.03. The van der Waals surface area contributed by atoms with Gasteiger partial charge in [-0.25, -0.2) is 4.39 Å². The van der Waals surface area contributed by atoms with Crippen LogP contribution in [0.25, 0.3) is 0 Å². The maximum atomic E-state index is 12.8. The van der Waals surface area contributed by atoms with Crippen LogP contribution in [0, 0.1) is 5.41 Å². The van der Waals surface area contributed by atoms with Gasteiger partial charge in [-0.2, -0.15) is 0 Å². The summed E-state index contributed by atoms with van der Waals surface area (Å²) < 4.78 is 12.8. The lowest BCUT2D eigenvalue weighted by molar-refractivity contribution is 0.233. The fourth-order valence-electron chi connectivity index (χ4n) is 1.92. The summed E-state index contributed by atoms with van der Waals surface area (Å²) in [5, 5.41) is 3.36. The largest absolute Gasteiger partial charge is 0.317 e. The highest BCUT2D eigenvalue weighted by Crippen LogP contribution is 2.32. The number of allylic oxidation sites excluding steroid dienone is 4. The molecule has 0 atom stereocenters. The van der Waals surface area contributed by atoms with Gasteiger partial charge in [0.1, 0.15) is 0 Å². The summed E-state index contributed by atoms with van der Waals surface area (Å²) >= 11 is 0. The van der Waals surface area contributed by atoms with E-state index in [1.807, 2.05) is 6.08 Å². The maximum Gasteiger partial charge on any atom is 0.0994 e. The standard InChI is InChI=1S/C13H22FN/c1-3-12(14)6-4-5-7-13(2)8-10-15-11-9-13/h3-5,15H,6-11H2,1-2H3/b5-4-,12-3+. The molecule has 1 aliphatic heterocycles. The molecular formula is C13H22FN. The van der Waals surface area contributed by atoms with Crippen LogP contribution in [0.2, 0.25) is 0 Å². The van der Waals surface area contributed by atoms with Gasteiger partial charge in [0.25, 0.3) is 0 Å². The van der Waals surface area contributed by atoms with Gasteiger partial charge in [0.15, 0.2) is 0 Å². The maximum absolute atomic E-state index is 12.8. The number of hydrogen-bond acceptors (Lipinski definition) is 1. The molecule has 1 aliphatic rings. The zero-order chi connectivity index (χ0) is 11.1. The molecule has 1 fully saturated rings. The van der Waals surface area contributed by atoms with E-state index >= 15 is 0 Å². The highest BCUT2D eigenvalue weighted by molar-refractivity contribution is 5.00. The summed E-state index contributed by atoms with van der Waals surface area (Å²) in [6.07, 6.45) is 9.58. The SMILES string of the molecule is C/C=C(/F)C/C=C\CC1(C)CCNCC1. The third-order valence-electron chi connectivity index (χ3n) is 3.21. The number of rotatable bonds is 4. The number of piperidine rings is 1. The lowest BCUT2D eigenvalue weighted by Crippen LogP contribution is -2.34. The van der Waals surface area contributed by atoms with Crippen molar-refractivity contribution in [3.05, 3.63) is 24.1 Å². The summed E-state index contributed by atoms with van der Waals surface area (Å²) in [6, 6.07) is 0. The molecule has 2 heteroatoms. The second-order valence-corrected chi connectivity index (χ2v) is 4.68. The topological polar surface area (TPSA) is 12.0 Å². The quantitative estimate of drug-likeness (QED) is 0.701. The minimum atomic E-state index is -0.0401. The van der Waals surface area contributed by atoms with E-state index in [-0.39, 0.29) is 5.83 Å². The zero-order valence-electron chi connectivity index (χ0n) is 9.85. The summed E-state index contributed by atoms with van der Waals surface area (Å²) in [4.78, 5) is 0. The molecule has 1 heterocycles. The van der Waals surface area contributed by atoms with Crippen molar-refractivity contribution in [3.63, 3.8) is 0 Å². The van der Waals surface area contributed by atoms with E-state index in [0.717, 1.165) is 19.5 Å². The van der Waals surface area contributed by atoms with Crippen LogP contribution < -0.4 is 5.32 Å². The molecule has 0 aromatic rings. The van der Waals surface area contributed by atoms with Crippen LogP contribution in [0.4, 0.5) is 4.39 Å². The average molecular weight is 211 g/mol. The van der Waals surface area contributed by atoms with Gasteiger partial charge in [-0.05, 0) is 44.7 Å². The molecule has 0 unspecified atom stereocenters. The smallest absolute Gasteiger partial charge is 0.0994 e. The molecule has 0 aromatic carbocycles. The van der Waals surface area contributed by atoms with Crippen LogP contribution in [0.5, 0.6) is 0 Å². The van der Waals surface area contributed by atoms with Crippen LogP contribution in [0.15, 0.2) is 24.1 Å². The Bertz CT molecular complexity index is 237. The van der Waals surface area contributed by atoms with Crippen LogP contribution >= 0.6 is 0 Å². The molecule has 0 radical (unpaired) electrons. The highest BCUT2D eigenvalue weighted by Gasteiger charge is 2.24. The van der Waals surface area contributed by atoms with Crippen LogP contribution in [0.3, 0.4) is 0 Å². The fraction of sp³-hybridized carbons (Fsp3) is 0.692. The van der Waals surface area contributed by atoms with E-state index in [1.165, 1.54) is 18.9 Å². The third-order valence-corrected chi connectivity index (χ3v) is 3.21. The molecule has 1 saturated heterocycles. The first-order chi connectivity index (χ1) is 7.16. The number of nitrogens with one attached hydrogen (secondary N) is 1. The van der Waals surface area contributed by atoms with Crippen molar-refractivity contribution in [2.24, 2.45) is 5.41 Å². The Labute approximate surface area is 92.4 Å². The molecular weight excluding hydrogens is 189 g/mol. The monoisotopic (exact) mass is 211 g/mol. The van der Waals surface area contributed by atoms with Crippen molar-refractivity contribution < 1.29 is 4.39 Å². The minimum absolute atomic E-state index is 0.0401. The molecule has 1 rings (SSSR count). The molecule has 0 aliphatic carbocycles. The normalized spacial score (nSPS) is 22.2. The Morgan fingerprint density at radius 1 is 1.33 bits per heavy atom. The van der Waals surface area contributed by atoms with E-state index in [2.05, 4.69) is 18.3 Å². The van der Waals surface area contributed by atoms with Crippen molar-refractivity contribution in [3.8, 4) is 0 Å². The van der Waals surface area contributed by atoms with Gasteiger partial charge in [-0.15, -0.1) is 0 Å². The lowest BCUT2D eigenvalue weighted by Gasteiger charge is -2.33. The van der Waals surface area contributed by atoms with E-state index in [0.29, 0.717) is 11.8 Å². The molecule has 86 valence electrons. The van der Waals surface area contributed by atoms with Gasteiger partial charge in [0.2, 0.25) is 0 Å². The summed E-state index contributed by atoms with van der Waals surface area (Å²) in [5.74, 6) is -0.0401. The predicted molar refractivity (Wildman–Crippen MR) is 63.4 cm³/mol. The zero-order valence-corrected chi connectivity index (χ0v) is 9.85. The van der Waals surface area contributed by atoms with Gasteiger partial charge < -0.3 is 5.32 Å². The molecule has 0 bridgehead atoms. The van der Waals surface area contributed by atoms with Crippen molar-refractivity contribution in [1.29, 1.82) is 0 Å². The van der Waals surface area contributed by atoms with Crippen LogP contribution in [-0.4, -0.2) is 13.1 Å². The van der Waals surface area contributed by atoms with E-state index in [4.69, 9.17) is 0 Å². The molecule has 0 aromatic heterocycles. The van der Waals surface area contributed by atoms with Crippen molar-refractivity contribution in [1.82, 2.24) is 5.32 Å². The first kappa shape index (κ1) is 12.4. The lowest BCUT2D eigenvalue weighted by atomic mass is 9.78. The summed E-state index contributed by atoms with van der Waals surface area (Å²) in [5.41, 5.74) is 0.425. The molecule has 0 saturated carbocycles. The average Bonchev–Trinajstić information content (AvgIpc) is 2.25. The Hall–Kier alpha value is -0.630. The van der Waals surface area contributed by atoms with Gasteiger partial charge in [0, 0.05) is 6.42 Å². The third kappa shape index (κ3) is 4.61. The first-order valence-corrected chi connectivity index (χ1v) is 5.83. The first-order valence-electron chi connectivity index (χ1n) is 5.83. The molecule has 1 nitrogen and oxygen atoms in total. The summed E-state index contributed by atoms with van der Waals surface area (Å²) in [7, 11) is 0. The van der Waals surface area contributed by atoms with Crippen molar-refractivity contribution in [2.75, 3.05) is 13.1 Å². The van der Waals surface area contributed by atoms with Gasteiger partial charge in [-0.3, -0.25) is 0 Å². The van der Waals surface area contributed by atoms with Gasteiger partial charge in [0.05, 0.1) is 5.83 Å². The number of halogens is 1. The Balaban J connectivity index is 2.28. The second-order valence-electron chi connectivity index (χ2n) is 4.68. The summed E-state index contributed by atoms with van der Waals surface area (Å²) in [6.45, 7) is 6.29. The molecule has 0 amide bonds. The fourth-order valence-corrected chi connectivity index (χ4v) is 1.92. The van der Waals surface area contributed by atoms with Gasteiger partial charge in [-0.1, -0.05) is 25.2 Å². The van der Waals surface area contributed by atoms with E-state index < -0.39 is 0 Å². The predicted octanol–water partition coefficient (Wildman–Crippen LogP) is 3.59. The Morgan fingerprint density at radius 2 is 2.00 bits per heavy atom. The van der Waals surface area contributed by atoms with Crippen molar-refractivity contribution in [2.45, 2.75) is 39.5 Å². The highest BCUT2D eigenvalue weighted by atomic mass is 19.1. The van der Waals surface area contributed by atoms with Crippen molar-refractivity contribution >= 4 is 0 Å². The van der Waals surface area contributed by atoms with Crippen LogP contribution in [0.1, 0.15) is 39.5 Å². The molecule has 1 N–H and O–H groups in total. The van der Waals surface area contributed by atoms with Crippen LogP contribution in [-0.2, 0) is 0 Å². The van der Waals surface area contributed by atoms with E-state index in [1.54, 1.807) is 6.92 Å². The molecule has 15 heavy (non-hydrogen) atoms. The van der Waals surface area contributed by atoms with E-state index in [9.17, 15) is 4.39 Å².